The number of fused-ring (bicyclic) bond motifs is 2. The Hall–Kier alpha value is -1.52. The van der Waals surface area contributed by atoms with Gasteiger partial charge in [-0.1, -0.05) is 6.08 Å². The van der Waals surface area contributed by atoms with Gasteiger partial charge in [0, 0.05) is 6.42 Å². The van der Waals surface area contributed by atoms with E-state index in [2.05, 4.69) is 5.32 Å². The molecule has 2 bridgehead atoms. The highest BCUT2D eigenvalue weighted by atomic mass is 16.6. The van der Waals surface area contributed by atoms with Crippen LogP contribution in [-0.2, 0) is 14.3 Å². The third kappa shape index (κ3) is 2.78. The molecular weight excluding hydrogens is 222 g/mol. The quantitative estimate of drug-likeness (QED) is 0.554. The van der Waals surface area contributed by atoms with Crippen LogP contribution in [0.2, 0.25) is 0 Å². The van der Waals surface area contributed by atoms with Crippen LogP contribution in [-0.4, -0.2) is 29.8 Å². The molecule has 1 N–H and O–H groups in total. The second-order valence-corrected chi connectivity index (χ2v) is 5.37. The first-order chi connectivity index (χ1) is 7.85. The number of carbonyl (C=O) groups excluding carboxylic acids is 2. The Morgan fingerprint density at radius 2 is 2.18 bits per heavy atom. The lowest BCUT2D eigenvalue weighted by Crippen LogP contribution is -2.52. The molecule has 3 atom stereocenters. The standard InChI is InChI=1S/C12H17NO4/c1-12(2,3)17-11(15)13-9-6-7-4-5-8(9)10(14)16-7/h4-5,7-9H,6H2,1-3H3,(H,13,15). The van der Waals surface area contributed by atoms with Crippen LogP contribution >= 0.6 is 0 Å². The highest BCUT2D eigenvalue weighted by Crippen LogP contribution is 2.28. The Morgan fingerprint density at radius 3 is 2.71 bits per heavy atom. The van der Waals surface area contributed by atoms with Gasteiger partial charge >= 0.3 is 12.1 Å². The maximum absolute atomic E-state index is 11.6. The normalized spacial score (nSPS) is 31.0. The third-order valence-corrected chi connectivity index (χ3v) is 2.69. The second-order valence-electron chi connectivity index (χ2n) is 5.37. The predicted octanol–water partition coefficient (Wildman–Crippen LogP) is 1.38. The fourth-order valence-electron chi connectivity index (χ4n) is 2.02. The van der Waals surface area contributed by atoms with Gasteiger partial charge in [-0.15, -0.1) is 0 Å². The molecule has 0 spiro atoms. The highest BCUT2D eigenvalue weighted by Gasteiger charge is 2.40. The van der Waals surface area contributed by atoms with E-state index in [0.29, 0.717) is 6.42 Å². The Balaban J connectivity index is 1.95. The van der Waals surface area contributed by atoms with Crippen LogP contribution in [0.3, 0.4) is 0 Å². The molecule has 0 aromatic rings. The molecule has 0 radical (unpaired) electrons. The van der Waals surface area contributed by atoms with Crippen molar-refractivity contribution in [2.75, 3.05) is 0 Å². The molecule has 1 saturated heterocycles. The molecule has 1 aliphatic carbocycles. The minimum absolute atomic E-state index is 0.215. The van der Waals surface area contributed by atoms with Gasteiger partial charge in [0.05, 0.1) is 12.0 Å². The molecule has 0 aromatic carbocycles. The van der Waals surface area contributed by atoms with E-state index in [-0.39, 0.29) is 24.0 Å². The van der Waals surface area contributed by atoms with Crippen molar-refractivity contribution in [2.24, 2.45) is 5.92 Å². The van der Waals surface area contributed by atoms with Crippen molar-refractivity contribution in [1.29, 1.82) is 0 Å². The van der Waals surface area contributed by atoms with Crippen LogP contribution in [0, 0.1) is 5.92 Å². The number of hydrogen-bond donors (Lipinski definition) is 1. The van der Waals surface area contributed by atoms with Gasteiger partial charge in [-0.05, 0) is 26.8 Å². The summed E-state index contributed by atoms with van der Waals surface area (Å²) in [4.78, 5) is 23.1. The molecular formula is C12H17NO4. The van der Waals surface area contributed by atoms with Gasteiger partial charge in [0.2, 0.25) is 0 Å². The lowest BCUT2D eigenvalue weighted by atomic mass is 9.86. The molecule has 3 rings (SSSR count). The smallest absolute Gasteiger partial charge is 0.407 e. The molecule has 3 unspecified atom stereocenters. The molecule has 5 nitrogen and oxygen atoms in total. The molecule has 17 heavy (non-hydrogen) atoms. The minimum atomic E-state index is -0.534. The zero-order chi connectivity index (χ0) is 12.6. The summed E-state index contributed by atoms with van der Waals surface area (Å²) in [7, 11) is 0. The fourth-order valence-corrected chi connectivity index (χ4v) is 2.02. The number of hydrogen-bond acceptors (Lipinski definition) is 4. The van der Waals surface area contributed by atoms with Gasteiger partial charge in [-0.25, -0.2) is 4.79 Å². The number of amides is 1. The Kier molecular flexibility index (Phi) is 2.85. The van der Waals surface area contributed by atoms with E-state index in [1.165, 1.54) is 0 Å². The van der Waals surface area contributed by atoms with Gasteiger partial charge in [-0.3, -0.25) is 4.79 Å². The average Bonchev–Trinajstić information content (AvgIpc) is 2.14. The van der Waals surface area contributed by atoms with Crippen LogP contribution in [0.25, 0.3) is 0 Å². The van der Waals surface area contributed by atoms with Crippen molar-refractivity contribution in [3.8, 4) is 0 Å². The van der Waals surface area contributed by atoms with Gasteiger partial charge in [-0.2, -0.15) is 0 Å². The molecule has 2 aliphatic heterocycles. The number of nitrogens with one attached hydrogen (secondary N) is 1. The molecule has 1 amide bonds. The second kappa shape index (κ2) is 4.05. The number of esters is 1. The van der Waals surface area contributed by atoms with Crippen molar-refractivity contribution in [2.45, 2.75) is 44.9 Å². The van der Waals surface area contributed by atoms with Crippen LogP contribution < -0.4 is 5.32 Å². The topological polar surface area (TPSA) is 64.6 Å². The molecule has 1 fully saturated rings. The monoisotopic (exact) mass is 239 g/mol. The number of rotatable bonds is 1. The number of ether oxygens (including phenoxy) is 2. The summed E-state index contributed by atoms with van der Waals surface area (Å²) >= 11 is 0. The van der Waals surface area contributed by atoms with Crippen molar-refractivity contribution in [1.82, 2.24) is 5.32 Å². The van der Waals surface area contributed by atoms with E-state index in [1.807, 2.05) is 6.08 Å². The lowest BCUT2D eigenvalue weighted by Gasteiger charge is -2.37. The zero-order valence-electron chi connectivity index (χ0n) is 10.2. The predicted molar refractivity (Wildman–Crippen MR) is 60.3 cm³/mol. The number of carbonyl (C=O) groups is 2. The summed E-state index contributed by atoms with van der Waals surface area (Å²) < 4.78 is 10.2. The van der Waals surface area contributed by atoms with Crippen molar-refractivity contribution >= 4 is 12.1 Å². The summed E-state index contributed by atoms with van der Waals surface area (Å²) in [6, 6.07) is -0.221. The van der Waals surface area contributed by atoms with E-state index in [4.69, 9.17) is 9.47 Å². The highest BCUT2D eigenvalue weighted by molar-refractivity contribution is 5.79. The van der Waals surface area contributed by atoms with Crippen LogP contribution in [0.15, 0.2) is 12.2 Å². The Bertz CT molecular complexity index is 369. The van der Waals surface area contributed by atoms with Crippen LogP contribution in [0.5, 0.6) is 0 Å². The first kappa shape index (κ1) is 12.0. The summed E-state index contributed by atoms with van der Waals surface area (Å²) in [6.07, 6.45) is 3.57. The van der Waals surface area contributed by atoms with Gasteiger partial charge < -0.3 is 14.8 Å². The van der Waals surface area contributed by atoms with E-state index in [9.17, 15) is 9.59 Å². The molecule has 5 heteroatoms. The molecule has 0 aromatic heterocycles. The maximum Gasteiger partial charge on any atom is 0.407 e. The first-order valence-corrected chi connectivity index (χ1v) is 5.73. The third-order valence-electron chi connectivity index (χ3n) is 2.69. The average molecular weight is 239 g/mol. The fraction of sp³-hybridized carbons (Fsp3) is 0.667. The van der Waals surface area contributed by atoms with Crippen LogP contribution in [0.1, 0.15) is 27.2 Å². The summed E-state index contributed by atoms with van der Waals surface area (Å²) in [5, 5.41) is 2.72. The van der Waals surface area contributed by atoms with Crippen molar-refractivity contribution < 1.29 is 19.1 Å². The summed E-state index contributed by atoms with van der Waals surface area (Å²) in [5.41, 5.74) is -0.534. The van der Waals surface area contributed by atoms with Gasteiger partial charge in [0.15, 0.2) is 0 Å². The van der Waals surface area contributed by atoms with E-state index >= 15 is 0 Å². The molecule has 2 heterocycles. The first-order valence-electron chi connectivity index (χ1n) is 5.73. The molecule has 94 valence electrons. The van der Waals surface area contributed by atoms with E-state index in [0.717, 1.165) is 0 Å². The summed E-state index contributed by atoms with van der Waals surface area (Å²) in [5.74, 6) is -0.655. The van der Waals surface area contributed by atoms with E-state index < -0.39 is 11.7 Å². The van der Waals surface area contributed by atoms with Crippen molar-refractivity contribution in [3.63, 3.8) is 0 Å². The Labute approximate surface area is 100 Å². The Morgan fingerprint density at radius 1 is 1.47 bits per heavy atom. The summed E-state index contributed by atoms with van der Waals surface area (Å²) in [6.45, 7) is 5.40. The largest absolute Gasteiger partial charge is 0.458 e. The minimum Gasteiger partial charge on any atom is -0.458 e. The maximum atomic E-state index is 11.6. The van der Waals surface area contributed by atoms with Gasteiger partial charge in [0.1, 0.15) is 11.7 Å². The SMILES string of the molecule is CC(C)(C)OC(=O)NC1CC2C=CC1C(=O)O2. The van der Waals surface area contributed by atoms with Gasteiger partial charge in [0.25, 0.3) is 0 Å². The zero-order valence-corrected chi connectivity index (χ0v) is 10.2. The van der Waals surface area contributed by atoms with Crippen LogP contribution in [0.4, 0.5) is 4.79 Å². The number of alkyl carbamates (subject to hydrolysis) is 1. The molecule has 3 aliphatic rings. The lowest BCUT2D eigenvalue weighted by molar-refractivity contribution is -0.158. The van der Waals surface area contributed by atoms with Crippen molar-refractivity contribution in [3.05, 3.63) is 12.2 Å². The van der Waals surface area contributed by atoms with E-state index in [1.54, 1.807) is 26.8 Å². The molecule has 0 saturated carbocycles.